The molecule has 0 aliphatic heterocycles. The first kappa shape index (κ1) is 10.1. The van der Waals surface area contributed by atoms with Crippen LogP contribution >= 0.6 is 0 Å². The van der Waals surface area contributed by atoms with Crippen molar-refractivity contribution in [2.45, 2.75) is 26.7 Å². The fourth-order valence-electron chi connectivity index (χ4n) is 1.38. The molecule has 1 radical (unpaired) electrons. The fraction of sp³-hybridized carbons (Fsp3) is 0.417. The minimum absolute atomic E-state index is 0.489. The Morgan fingerprint density at radius 2 is 2.08 bits per heavy atom. The summed E-state index contributed by atoms with van der Waals surface area (Å²) in [7, 11) is 0. The van der Waals surface area contributed by atoms with Gasteiger partial charge in [0.25, 0.3) is 0 Å². The van der Waals surface area contributed by atoms with Gasteiger partial charge < -0.3 is 4.74 Å². The van der Waals surface area contributed by atoms with Gasteiger partial charge in [0.05, 0.1) is 6.61 Å². The second kappa shape index (κ2) is 4.31. The summed E-state index contributed by atoms with van der Waals surface area (Å²) in [6.07, 6.45) is 0. The van der Waals surface area contributed by atoms with Gasteiger partial charge in [-0.15, -0.1) is 0 Å². The van der Waals surface area contributed by atoms with Crippen LogP contribution in [0.25, 0.3) is 0 Å². The molecule has 0 bridgehead atoms. The highest BCUT2D eigenvalue weighted by molar-refractivity contribution is 5.44. The highest BCUT2D eigenvalue weighted by Crippen LogP contribution is 2.29. The van der Waals surface area contributed by atoms with E-state index in [4.69, 9.17) is 4.74 Å². The molecule has 1 rings (SSSR count). The third kappa shape index (κ3) is 2.24. The molecule has 0 unspecified atom stereocenters. The zero-order valence-electron chi connectivity index (χ0n) is 8.63. The van der Waals surface area contributed by atoms with Crippen LogP contribution < -0.4 is 4.74 Å². The second-order valence-corrected chi connectivity index (χ2v) is 3.42. The van der Waals surface area contributed by atoms with E-state index in [1.807, 2.05) is 19.1 Å². The molecule has 0 N–H and O–H groups in total. The Kier molecular flexibility index (Phi) is 3.35. The number of rotatable bonds is 3. The summed E-state index contributed by atoms with van der Waals surface area (Å²) in [6.45, 7) is 11.0. The summed E-state index contributed by atoms with van der Waals surface area (Å²) >= 11 is 0. The number of hydrogen-bond donors (Lipinski definition) is 0. The average molecular weight is 177 g/mol. The zero-order valence-corrected chi connectivity index (χ0v) is 8.63. The monoisotopic (exact) mass is 177 g/mol. The topological polar surface area (TPSA) is 9.23 Å². The lowest BCUT2D eigenvalue weighted by Crippen LogP contribution is -2.00. The zero-order chi connectivity index (χ0) is 9.84. The Balaban J connectivity index is 3.09. The molecule has 0 atom stereocenters. The summed E-state index contributed by atoms with van der Waals surface area (Å²) in [6, 6.07) is 6.11. The van der Waals surface area contributed by atoms with E-state index in [0.717, 1.165) is 11.3 Å². The van der Waals surface area contributed by atoms with Gasteiger partial charge in [-0.3, -0.25) is 0 Å². The highest BCUT2D eigenvalue weighted by atomic mass is 16.5. The molecule has 1 aromatic rings. The van der Waals surface area contributed by atoms with Crippen LogP contribution in [0.2, 0.25) is 0 Å². The van der Waals surface area contributed by atoms with Gasteiger partial charge in [-0.1, -0.05) is 32.0 Å². The van der Waals surface area contributed by atoms with Gasteiger partial charge in [0.2, 0.25) is 0 Å². The lowest BCUT2D eigenvalue weighted by Gasteiger charge is -2.14. The van der Waals surface area contributed by atoms with Crippen LogP contribution in [0.3, 0.4) is 0 Å². The molecular weight excluding hydrogens is 160 g/mol. The molecule has 0 saturated carbocycles. The molecular formula is C12H17O. The van der Waals surface area contributed by atoms with E-state index < -0.39 is 0 Å². The van der Waals surface area contributed by atoms with E-state index in [0.29, 0.717) is 12.5 Å². The average Bonchev–Trinajstić information content (AvgIpc) is 2.08. The Morgan fingerprint density at radius 3 is 2.62 bits per heavy atom. The molecule has 71 valence electrons. The molecule has 0 amide bonds. The summed E-state index contributed by atoms with van der Waals surface area (Å²) in [4.78, 5) is 0. The first-order valence-corrected chi connectivity index (χ1v) is 4.74. The van der Waals surface area contributed by atoms with Crippen molar-refractivity contribution in [3.8, 4) is 5.75 Å². The van der Waals surface area contributed by atoms with E-state index in [-0.39, 0.29) is 0 Å². The second-order valence-electron chi connectivity index (χ2n) is 3.42. The van der Waals surface area contributed by atoms with Crippen molar-refractivity contribution in [2.24, 2.45) is 0 Å². The van der Waals surface area contributed by atoms with Crippen LogP contribution in [-0.2, 0) is 0 Å². The largest absolute Gasteiger partial charge is 0.493 e. The lowest BCUT2D eigenvalue weighted by molar-refractivity contribution is 0.334. The molecule has 0 saturated heterocycles. The van der Waals surface area contributed by atoms with Crippen LogP contribution in [0.1, 0.15) is 37.8 Å². The van der Waals surface area contributed by atoms with Crippen molar-refractivity contribution in [1.82, 2.24) is 0 Å². The van der Waals surface area contributed by atoms with Crippen LogP contribution in [-0.4, -0.2) is 6.61 Å². The van der Waals surface area contributed by atoms with E-state index in [1.165, 1.54) is 5.56 Å². The van der Waals surface area contributed by atoms with Crippen LogP contribution in [0.5, 0.6) is 5.75 Å². The van der Waals surface area contributed by atoms with Gasteiger partial charge in [-0.25, -0.2) is 0 Å². The first-order chi connectivity index (χ1) is 6.16. The predicted octanol–water partition coefficient (Wildman–Crippen LogP) is 3.39. The number of ether oxygens (including phenoxy) is 1. The minimum Gasteiger partial charge on any atom is -0.493 e. The number of benzene rings is 1. The molecule has 0 aromatic heterocycles. The van der Waals surface area contributed by atoms with Crippen molar-refractivity contribution in [3.63, 3.8) is 0 Å². The minimum atomic E-state index is 0.489. The van der Waals surface area contributed by atoms with Gasteiger partial charge in [0.1, 0.15) is 5.75 Å². The van der Waals surface area contributed by atoms with Crippen molar-refractivity contribution >= 4 is 0 Å². The molecule has 0 heterocycles. The first-order valence-electron chi connectivity index (χ1n) is 4.74. The SMILES string of the molecule is [CH2]c1cccc(C(C)C)c1OCC. The molecule has 0 spiro atoms. The van der Waals surface area contributed by atoms with Crippen molar-refractivity contribution in [3.05, 3.63) is 36.2 Å². The lowest BCUT2D eigenvalue weighted by atomic mass is 10.00. The fourth-order valence-corrected chi connectivity index (χ4v) is 1.38. The maximum Gasteiger partial charge on any atom is 0.125 e. The van der Waals surface area contributed by atoms with Crippen molar-refractivity contribution in [2.75, 3.05) is 6.61 Å². The maximum atomic E-state index is 5.57. The molecule has 0 aliphatic rings. The van der Waals surface area contributed by atoms with E-state index in [2.05, 4.69) is 26.8 Å². The van der Waals surface area contributed by atoms with Gasteiger partial charge in [0, 0.05) is 0 Å². The van der Waals surface area contributed by atoms with Gasteiger partial charge in [0.15, 0.2) is 0 Å². The van der Waals surface area contributed by atoms with E-state index >= 15 is 0 Å². The summed E-state index contributed by atoms with van der Waals surface area (Å²) in [5.74, 6) is 1.45. The van der Waals surface area contributed by atoms with Crippen LogP contribution in [0.4, 0.5) is 0 Å². The van der Waals surface area contributed by atoms with Crippen molar-refractivity contribution < 1.29 is 4.74 Å². The normalized spacial score (nSPS) is 10.5. The summed E-state index contributed by atoms with van der Waals surface area (Å²) in [5.41, 5.74) is 2.22. The van der Waals surface area contributed by atoms with Crippen LogP contribution in [0, 0.1) is 6.92 Å². The molecule has 13 heavy (non-hydrogen) atoms. The quantitative estimate of drug-likeness (QED) is 0.687. The van der Waals surface area contributed by atoms with Crippen LogP contribution in [0.15, 0.2) is 18.2 Å². The Labute approximate surface area is 80.7 Å². The Hall–Kier alpha value is -0.980. The Bertz CT molecular complexity index is 276. The predicted molar refractivity (Wildman–Crippen MR) is 56.2 cm³/mol. The third-order valence-electron chi connectivity index (χ3n) is 2.04. The maximum absolute atomic E-state index is 5.57. The summed E-state index contributed by atoms with van der Waals surface area (Å²) < 4.78 is 5.57. The molecule has 0 aliphatic carbocycles. The molecule has 1 aromatic carbocycles. The van der Waals surface area contributed by atoms with Gasteiger partial charge >= 0.3 is 0 Å². The van der Waals surface area contributed by atoms with Crippen molar-refractivity contribution in [1.29, 1.82) is 0 Å². The third-order valence-corrected chi connectivity index (χ3v) is 2.04. The Morgan fingerprint density at radius 1 is 1.38 bits per heavy atom. The standard InChI is InChI=1S/C12H17O/c1-5-13-12-10(4)7-6-8-11(12)9(2)3/h6-9H,4-5H2,1-3H3. The smallest absolute Gasteiger partial charge is 0.125 e. The van der Waals surface area contributed by atoms with Gasteiger partial charge in [-0.05, 0) is 30.9 Å². The summed E-state index contributed by atoms with van der Waals surface area (Å²) in [5, 5.41) is 0. The highest BCUT2D eigenvalue weighted by Gasteiger charge is 2.08. The number of hydrogen-bond acceptors (Lipinski definition) is 1. The van der Waals surface area contributed by atoms with E-state index in [9.17, 15) is 0 Å². The molecule has 1 nitrogen and oxygen atoms in total. The van der Waals surface area contributed by atoms with E-state index in [1.54, 1.807) is 0 Å². The number of para-hydroxylation sites is 1. The van der Waals surface area contributed by atoms with Gasteiger partial charge in [-0.2, -0.15) is 0 Å². The molecule has 1 heteroatoms. The molecule has 0 fully saturated rings.